The molecule has 3 N–H and O–H groups in total. The van der Waals surface area contributed by atoms with E-state index in [0.717, 1.165) is 28.4 Å². The van der Waals surface area contributed by atoms with Crippen molar-refractivity contribution in [2.45, 2.75) is 0 Å². The molecule has 6 heteroatoms. The van der Waals surface area contributed by atoms with E-state index in [-0.39, 0.29) is 5.91 Å². The van der Waals surface area contributed by atoms with Gasteiger partial charge in [0.25, 0.3) is 5.91 Å². The summed E-state index contributed by atoms with van der Waals surface area (Å²) in [6.45, 7) is 0. The molecule has 0 aliphatic carbocycles. The maximum Gasteiger partial charge on any atom is 0.255 e. The van der Waals surface area contributed by atoms with Gasteiger partial charge in [0, 0.05) is 53.4 Å². The molecular formula is C23H21N5O. The number of anilines is 4. The number of aromatic nitrogens is 2. The Morgan fingerprint density at radius 3 is 1.93 bits per heavy atom. The summed E-state index contributed by atoms with van der Waals surface area (Å²) in [5.74, 6) is -0.148. The lowest BCUT2D eigenvalue weighted by Gasteiger charge is -2.10. The lowest BCUT2D eigenvalue weighted by molar-refractivity contribution is 0.102. The molecule has 0 aliphatic rings. The lowest BCUT2D eigenvalue weighted by atomic mass is 10.2. The van der Waals surface area contributed by atoms with Crippen LogP contribution in [0, 0.1) is 0 Å². The van der Waals surface area contributed by atoms with E-state index < -0.39 is 0 Å². The molecule has 0 aliphatic heterocycles. The average Bonchev–Trinajstić information content (AvgIpc) is 3.31. The van der Waals surface area contributed by atoms with Crippen molar-refractivity contribution in [3.63, 3.8) is 0 Å². The van der Waals surface area contributed by atoms with Crippen LogP contribution in [-0.2, 0) is 0 Å². The highest BCUT2D eigenvalue weighted by atomic mass is 16.1. The topological polar surface area (TPSA) is 71.0 Å². The van der Waals surface area contributed by atoms with Crippen molar-refractivity contribution in [1.29, 1.82) is 0 Å². The Bertz CT molecular complexity index is 1070. The minimum Gasteiger partial charge on any atom is -0.388 e. The highest BCUT2D eigenvalue weighted by Crippen LogP contribution is 2.21. The van der Waals surface area contributed by atoms with E-state index in [9.17, 15) is 4.79 Å². The van der Waals surface area contributed by atoms with Crippen molar-refractivity contribution in [1.82, 2.24) is 9.55 Å². The fraction of sp³-hybridized carbons (Fsp3) is 0.0435. The van der Waals surface area contributed by atoms with Gasteiger partial charge in [0.2, 0.25) is 0 Å². The molecule has 0 radical (unpaired) electrons. The predicted octanol–water partition coefficient (Wildman–Crippen LogP) is 4.91. The van der Waals surface area contributed by atoms with Crippen molar-refractivity contribution in [3.8, 4) is 5.69 Å². The molecule has 1 heterocycles. The van der Waals surface area contributed by atoms with E-state index >= 15 is 0 Å². The van der Waals surface area contributed by atoms with E-state index in [4.69, 9.17) is 0 Å². The SMILES string of the molecule is CNc1ccc(Nc2ccc(NC(=O)c3ccc(-n4ccnc4)cc3)cc2)cc1. The third-order valence-electron chi connectivity index (χ3n) is 4.54. The number of amides is 1. The molecule has 29 heavy (non-hydrogen) atoms. The van der Waals surface area contributed by atoms with Crippen LogP contribution in [0.2, 0.25) is 0 Å². The van der Waals surface area contributed by atoms with Gasteiger partial charge in [-0.05, 0) is 72.8 Å². The van der Waals surface area contributed by atoms with Crippen molar-refractivity contribution >= 4 is 28.7 Å². The van der Waals surface area contributed by atoms with E-state index in [1.807, 2.05) is 78.5 Å². The molecule has 6 nitrogen and oxygen atoms in total. The molecule has 0 fully saturated rings. The second-order valence-corrected chi connectivity index (χ2v) is 6.50. The summed E-state index contributed by atoms with van der Waals surface area (Å²) in [4.78, 5) is 16.5. The summed E-state index contributed by atoms with van der Waals surface area (Å²) in [7, 11) is 1.89. The van der Waals surface area contributed by atoms with Crippen molar-refractivity contribution < 1.29 is 4.79 Å². The molecule has 4 rings (SSSR count). The zero-order valence-electron chi connectivity index (χ0n) is 16.0. The molecule has 0 bridgehead atoms. The Morgan fingerprint density at radius 2 is 1.38 bits per heavy atom. The highest BCUT2D eigenvalue weighted by Gasteiger charge is 2.07. The predicted molar refractivity (Wildman–Crippen MR) is 117 cm³/mol. The Morgan fingerprint density at radius 1 is 0.793 bits per heavy atom. The first-order valence-electron chi connectivity index (χ1n) is 9.26. The van der Waals surface area contributed by atoms with Crippen LogP contribution in [0.3, 0.4) is 0 Å². The number of carbonyl (C=O) groups excluding carboxylic acids is 1. The number of hydrogen-bond acceptors (Lipinski definition) is 4. The second kappa shape index (κ2) is 8.31. The minimum absolute atomic E-state index is 0.148. The highest BCUT2D eigenvalue weighted by molar-refractivity contribution is 6.04. The first-order chi connectivity index (χ1) is 14.2. The van der Waals surface area contributed by atoms with E-state index in [1.54, 1.807) is 24.7 Å². The zero-order valence-corrected chi connectivity index (χ0v) is 16.0. The van der Waals surface area contributed by atoms with Gasteiger partial charge in [-0.25, -0.2) is 4.98 Å². The quantitative estimate of drug-likeness (QED) is 0.442. The van der Waals surface area contributed by atoms with Crippen LogP contribution in [0.4, 0.5) is 22.7 Å². The molecule has 1 amide bonds. The van der Waals surface area contributed by atoms with Crippen LogP contribution in [0.15, 0.2) is 91.5 Å². The summed E-state index contributed by atoms with van der Waals surface area (Å²) in [6.07, 6.45) is 5.30. The smallest absolute Gasteiger partial charge is 0.255 e. The Balaban J connectivity index is 1.38. The summed E-state index contributed by atoms with van der Waals surface area (Å²) < 4.78 is 1.89. The third kappa shape index (κ3) is 4.44. The number of benzene rings is 3. The Kier molecular flexibility index (Phi) is 5.25. The van der Waals surface area contributed by atoms with Gasteiger partial charge in [-0.3, -0.25) is 4.79 Å². The molecule has 0 unspecified atom stereocenters. The Labute approximate surface area is 169 Å². The first kappa shape index (κ1) is 18.3. The van der Waals surface area contributed by atoms with E-state index in [1.165, 1.54) is 0 Å². The summed E-state index contributed by atoms with van der Waals surface area (Å²) in [5.41, 5.74) is 5.30. The molecule has 3 aromatic carbocycles. The number of carbonyl (C=O) groups is 1. The Hall–Kier alpha value is -4.06. The van der Waals surface area contributed by atoms with Crippen LogP contribution >= 0.6 is 0 Å². The monoisotopic (exact) mass is 383 g/mol. The van der Waals surface area contributed by atoms with Crippen LogP contribution in [0.25, 0.3) is 5.69 Å². The van der Waals surface area contributed by atoms with Crippen LogP contribution in [0.1, 0.15) is 10.4 Å². The molecule has 0 saturated carbocycles. The molecule has 4 aromatic rings. The number of nitrogens with zero attached hydrogens (tertiary/aromatic N) is 2. The standard InChI is InChI=1S/C23H21N5O/c1-24-18-4-6-19(7-5-18)26-20-8-10-21(11-9-20)27-23(29)17-2-12-22(13-3-17)28-15-14-25-16-28/h2-16,24,26H,1H3,(H,27,29). The number of imidazole rings is 1. The van der Waals surface area contributed by atoms with Crippen LogP contribution in [-0.4, -0.2) is 22.5 Å². The van der Waals surface area contributed by atoms with Crippen LogP contribution < -0.4 is 16.0 Å². The summed E-state index contributed by atoms with van der Waals surface area (Å²) >= 11 is 0. The maximum atomic E-state index is 12.5. The van der Waals surface area contributed by atoms with Crippen molar-refractivity contribution in [2.24, 2.45) is 0 Å². The third-order valence-corrected chi connectivity index (χ3v) is 4.54. The normalized spacial score (nSPS) is 10.4. The number of hydrogen-bond donors (Lipinski definition) is 3. The lowest BCUT2D eigenvalue weighted by Crippen LogP contribution is -2.11. The van der Waals surface area contributed by atoms with Crippen molar-refractivity contribution in [3.05, 3.63) is 97.1 Å². The van der Waals surface area contributed by atoms with Gasteiger partial charge in [0.15, 0.2) is 0 Å². The molecular weight excluding hydrogens is 362 g/mol. The first-order valence-corrected chi connectivity index (χ1v) is 9.26. The summed E-state index contributed by atoms with van der Waals surface area (Å²) in [5, 5.41) is 9.36. The fourth-order valence-corrected chi connectivity index (χ4v) is 2.92. The van der Waals surface area contributed by atoms with Crippen LogP contribution in [0.5, 0.6) is 0 Å². The van der Waals surface area contributed by atoms with E-state index in [0.29, 0.717) is 5.56 Å². The number of nitrogens with one attached hydrogen (secondary N) is 3. The second-order valence-electron chi connectivity index (χ2n) is 6.50. The molecule has 0 saturated heterocycles. The fourth-order valence-electron chi connectivity index (χ4n) is 2.92. The zero-order chi connectivity index (χ0) is 20.1. The van der Waals surface area contributed by atoms with Crippen molar-refractivity contribution in [2.75, 3.05) is 23.0 Å². The van der Waals surface area contributed by atoms with Gasteiger partial charge in [0.05, 0.1) is 6.33 Å². The van der Waals surface area contributed by atoms with Gasteiger partial charge in [-0.2, -0.15) is 0 Å². The van der Waals surface area contributed by atoms with Gasteiger partial charge in [-0.1, -0.05) is 0 Å². The van der Waals surface area contributed by atoms with Gasteiger partial charge >= 0.3 is 0 Å². The molecule has 0 atom stereocenters. The van der Waals surface area contributed by atoms with Gasteiger partial charge in [0.1, 0.15) is 0 Å². The number of rotatable bonds is 6. The molecule has 1 aromatic heterocycles. The van der Waals surface area contributed by atoms with Gasteiger partial charge in [-0.15, -0.1) is 0 Å². The average molecular weight is 383 g/mol. The largest absolute Gasteiger partial charge is 0.388 e. The molecule has 144 valence electrons. The van der Waals surface area contributed by atoms with Gasteiger partial charge < -0.3 is 20.5 Å². The molecule has 0 spiro atoms. The summed E-state index contributed by atoms with van der Waals surface area (Å²) in [6, 6.07) is 23.0. The minimum atomic E-state index is -0.148. The maximum absolute atomic E-state index is 12.5. The van der Waals surface area contributed by atoms with E-state index in [2.05, 4.69) is 20.9 Å².